The van der Waals surface area contributed by atoms with E-state index in [0.717, 1.165) is 17.9 Å². The van der Waals surface area contributed by atoms with Crippen LogP contribution < -0.4 is 10.5 Å². The topological polar surface area (TPSA) is 66.0 Å². The summed E-state index contributed by atoms with van der Waals surface area (Å²) >= 11 is 5.98. The molecular weight excluding hydrogens is 276 g/mol. The molecule has 1 heterocycles. The second-order valence-corrected chi connectivity index (χ2v) is 5.43. The van der Waals surface area contributed by atoms with Crippen molar-refractivity contribution in [3.63, 3.8) is 0 Å². The smallest absolute Gasteiger partial charge is 0.164 e. The van der Waals surface area contributed by atoms with Gasteiger partial charge in [-0.3, -0.25) is 0 Å². The third-order valence-corrected chi connectivity index (χ3v) is 3.07. The van der Waals surface area contributed by atoms with Crippen molar-refractivity contribution < 1.29 is 4.74 Å². The van der Waals surface area contributed by atoms with Gasteiger partial charge in [0.15, 0.2) is 5.82 Å². The van der Waals surface area contributed by atoms with E-state index >= 15 is 0 Å². The first-order chi connectivity index (χ1) is 9.60. The lowest BCUT2D eigenvalue weighted by atomic mass is 10.2. The van der Waals surface area contributed by atoms with Crippen LogP contribution in [0.3, 0.4) is 0 Å². The third kappa shape index (κ3) is 3.71. The Morgan fingerprint density at radius 3 is 2.90 bits per heavy atom. The maximum absolute atomic E-state index is 5.98. The molecule has 6 heteroatoms. The monoisotopic (exact) mass is 294 g/mol. The number of hydrogen-bond acceptors (Lipinski definition) is 4. The van der Waals surface area contributed by atoms with Crippen molar-refractivity contribution in [2.45, 2.75) is 33.5 Å². The summed E-state index contributed by atoms with van der Waals surface area (Å²) in [6.45, 7) is 5.84. The van der Waals surface area contributed by atoms with Gasteiger partial charge in [-0.2, -0.15) is 5.10 Å². The number of halogens is 1. The molecule has 108 valence electrons. The molecule has 0 amide bonds. The number of benzene rings is 1. The lowest BCUT2D eigenvalue weighted by Crippen LogP contribution is -2.13. The van der Waals surface area contributed by atoms with Crippen molar-refractivity contribution in [1.82, 2.24) is 14.8 Å². The van der Waals surface area contributed by atoms with Crippen molar-refractivity contribution in [3.05, 3.63) is 40.9 Å². The van der Waals surface area contributed by atoms with E-state index in [1.54, 1.807) is 18.5 Å². The van der Waals surface area contributed by atoms with Crippen molar-refractivity contribution in [2.75, 3.05) is 0 Å². The van der Waals surface area contributed by atoms with Gasteiger partial charge in [-0.05, 0) is 18.1 Å². The molecule has 0 unspecified atom stereocenters. The Hall–Kier alpha value is -1.59. The number of rotatable bonds is 6. The Morgan fingerprint density at radius 2 is 2.20 bits per heavy atom. The minimum Gasteiger partial charge on any atom is -0.485 e. The Kier molecular flexibility index (Phi) is 4.98. The quantitative estimate of drug-likeness (QED) is 0.889. The summed E-state index contributed by atoms with van der Waals surface area (Å²) in [6, 6.07) is 5.45. The van der Waals surface area contributed by atoms with Gasteiger partial charge in [0.25, 0.3) is 0 Å². The minimum atomic E-state index is 0.347. The molecule has 0 saturated heterocycles. The summed E-state index contributed by atoms with van der Waals surface area (Å²) in [4.78, 5) is 4.22. The predicted octanol–water partition coefficient (Wildman–Crippen LogP) is 2.63. The van der Waals surface area contributed by atoms with E-state index in [1.165, 1.54) is 0 Å². The number of ether oxygens (including phenoxy) is 1. The highest BCUT2D eigenvalue weighted by Gasteiger charge is 2.09. The summed E-state index contributed by atoms with van der Waals surface area (Å²) in [7, 11) is 0. The maximum Gasteiger partial charge on any atom is 0.164 e. The van der Waals surface area contributed by atoms with Crippen LogP contribution in [0.1, 0.15) is 25.2 Å². The van der Waals surface area contributed by atoms with Crippen LogP contribution in [0, 0.1) is 5.92 Å². The van der Waals surface area contributed by atoms with E-state index in [4.69, 9.17) is 22.1 Å². The molecule has 2 N–H and O–H groups in total. The zero-order valence-corrected chi connectivity index (χ0v) is 12.5. The standard InChI is InChI=1S/C14H19ClN4O/c1-10(2)7-19-14(17-9-18-19)8-20-13-5-12(15)4-3-11(13)6-16/h3-5,9-10H,6-8,16H2,1-2H3. The van der Waals surface area contributed by atoms with Crippen LogP contribution in [0.25, 0.3) is 0 Å². The van der Waals surface area contributed by atoms with Crippen molar-refractivity contribution >= 4 is 11.6 Å². The van der Waals surface area contributed by atoms with Gasteiger partial charge < -0.3 is 10.5 Å². The highest BCUT2D eigenvalue weighted by atomic mass is 35.5. The van der Waals surface area contributed by atoms with Gasteiger partial charge >= 0.3 is 0 Å². The summed E-state index contributed by atoms with van der Waals surface area (Å²) in [5.74, 6) is 1.99. The normalized spacial score (nSPS) is 11.1. The minimum absolute atomic E-state index is 0.347. The Labute approximate surface area is 123 Å². The molecule has 5 nitrogen and oxygen atoms in total. The van der Waals surface area contributed by atoms with Crippen LogP contribution in [0.2, 0.25) is 5.02 Å². The van der Waals surface area contributed by atoms with Crippen LogP contribution in [0.4, 0.5) is 0 Å². The average Bonchev–Trinajstić information content (AvgIpc) is 2.83. The molecule has 0 spiro atoms. The SMILES string of the molecule is CC(C)Cn1ncnc1COc1cc(Cl)ccc1CN. The fourth-order valence-corrected chi connectivity index (χ4v) is 2.03. The molecule has 2 aromatic rings. The summed E-state index contributed by atoms with van der Waals surface area (Å²) in [5.41, 5.74) is 6.61. The van der Waals surface area contributed by atoms with Gasteiger partial charge in [-0.1, -0.05) is 31.5 Å². The Morgan fingerprint density at radius 1 is 1.40 bits per heavy atom. The Bertz CT molecular complexity index is 568. The molecule has 1 aromatic heterocycles. The summed E-state index contributed by atoms with van der Waals surface area (Å²) in [5, 5.41) is 4.83. The molecule has 0 atom stereocenters. The second-order valence-electron chi connectivity index (χ2n) is 5.00. The van der Waals surface area contributed by atoms with Crippen LogP contribution in [-0.2, 0) is 19.7 Å². The molecule has 2 rings (SSSR count). The van der Waals surface area contributed by atoms with Gasteiger partial charge in [0.1, 0.15) is 18.7 Å². The zero-order chi connectivity index (χ0) is 14.5. The number of hydrogen-bond donors (Lipinski definition) is 1. The van der Waals surface area contributed by atoms with Gasteiger partial charge in [-0.25, -0.2) is 9.67 Å². The van der Waals surface area contributed by atoms with E-state index in [-0.39, 0.29) is 0 Å². The molecule has 0 aliphatic rings. The maximum atomic E-state index is 5.98. The predicted molar refractivity (Wildman–Crippen MR) is 78.5 cm³/mol. The van der Waals surface area contributed by atoms with E-state index in [0.29, 0.717) is 29.8 Å². The Balaban J connectivity index is 2.09. The first-order valence-electron chi connectivity index (χ1n) is 6.58. The number of nitrogens with zero attached hydrogens (tertiary/aromatic N) is 3. The molecule has 0 radical (unpaired) electrons. The van der Waals surface area contributed by atoms with Crippen molar-refractivity contribution in [2.24, 2.45) is 11.7 Å². The second kappa shape index (κ2) is 6.72. The first kappa shape index (κ1) is 14.8. The summed E-state index contributed by atoms with van der Waals surface area (Å²) in [6.07, 6.45) is 1.54. The van der Waals surface area contributed by atoms with Crippen LogP contribution in [0.5, 0.6) is 5.75 Å². The lowest BCUT2D eigenvalue weighted by Gasteiger charge is -2.12. The molecule has 0 saturated carbocycles. The number of aromatic nitrogens is 3. The van der Waals surface area contributed by atoms with Gasteiger partial charge in [0, 0.05) is 23.7 Å². The highest BCUT2D eigenvalue weighted by Crippen LogP contribution is 2.23. The molecule has 0 bridgehead atoms. The molecule has 20 heavy (non-hydrogen) atoms. The molecule has 1 aromatic carbocycles. The molecule has 0 aliphatic carbocycles. The summed E-state index contributed by atoms with van der Waals surface area (Å²) < 4.78 is 7.65. The van der Waals surface area contributed by atoms with Crippen LogP contribution in [0.15, 0.2) is 24.5 Å². The average molecular weight is 295 g/mol. The number of nitrogens with two attached hydrogens (primary N) is 1. The highest BCUT2D eigenvalue weighted by molar-refractivity contribution is 6.30. The fourth-order valence-electron chi connectivity index (χ4n) is 1.87. The largest absolute Gasteiger partial charge is 0.485 e. The van der Waals surface area contributed by atoms with Crippen LogP contribution in [-0.4, -0.2) is 14.8 Å². The fraction of sp³-hybridized carbons (Fsp3) is 0.429. The zero-order valence-electron chi connectivity index (χ0n) is 11.7. The molecule has 0 fully saturated rings. The van der Waals surface area contributed by atoms with Crippen molar-refractivity contribution in [3.8, 4) is 5.75 Å². The third-order valence-electron chi connectivity index (χ3n) is 2.84. The van der Waals surface area contributed by atoms with Gasteiger partial charge in [0.2, 0.25) is 0 Å². The van der Waals surface area contributed by atoms with Crippen LogP contribution >= 0.6 is 11.6 Å². The first-order valence-corrected chi connectivity index (χ1v) is 6.96. The van der Waals surface area contributed by atoms with Gasteiger partial charge in [-0.15, -0.1) is 0 Å². The van der Waals surface area contributed by atoms with E-state index in [9.17, 15) is 0 Å². The molecular formula is C14H19ClN4O. The van der Waals surface area contributed by atoms with E-state index < -0.39 is 0 Å². The van der Waals surface area contributed by atoms with E-state index in [1.807, 2.05) is 10.7 Å². The molecule has 0 aliphatic heterocycles. The van der Waals surface area contributed by atoms with E-state index in [2.05, 4.69) is 23.9 Å². The van der Waals surface area contributed by atoms with Gasteiger partial charge in [0.05, 0.1) is 0 Å². The van der Waals surface area contributed by atoms with Crippen molar-refractivity contribution in [1.29, 1.82) is 0 Å². The lowest BCUT2D eigenvalue weighted by molar-refractivity contribution is 0.280.